The monoisotopic (exact) mass is 394 g/mol. The predicted octanol–water partition coefficient (Wildman–Crippen LogP) is -0.690. The van der Waals surface area contributed by atoms with Crippen molar-refractivity contribution >= 4 is 14.1 Å². The molecule has 0 aliphatic carbocycles. The standard InChI is InChI=1S/C13H17FN3O8P/c1-6(10(19)20)16-26(22)23-5-7-9(25-26)13(2,14)11(24-7)17-4-3-8(18)15-12(17)21/h3-4,6-7,9,11,16,22H,5H2,1-2H3,(H-,15,18,19,20,21)/p+1/t6?,7-,9-,11-,13-,26?/m1/s1. The molecule has 0 amide bonds. The van der Waals surface area contributed by atoms with Gasteiger partial charge in [-0.3, -0.25) is 19.1 Å². The zero-order valence-electron chi connectivity index (χ0n) is 13.8. The van der Waals surface area contributed by atoms with E-state index in [2.05, 4.69) is 5.09 Å². The van der Waals surface area contributed by atoms with Crippen LogP contribution >= 0.6 is 8.09 Å². The van der Waals surface area contributed by atoms with Crippen molar-refractivity contribution in [2.24, 2.45) is 0 Å². The van der Waals surface area contributed by atoms with Crippen molar-refractivity contribution < 1.29 is 33.0 Å². The first kappa shape index (κ1) is 19.1. The van der Waals surface area contributed by atoms with E-state index in [-0.39, 0.29) is 6.61 Å². The summed E-state index contributed by atoms with van der Waals surface area (Å²) in [6.45, 7) is 2.11. The van der Waals surface area contributed by atoms with Gasteiger partial charge in [-0.1, -0.05) is 0 Å². The van der Waals surface area contributed by atoms with Gasteiger partial charge in [0, 0.05) is 12.3 Å². The number of H-pyrrole nitrogens is 1. The average Bonchev–Trinajstić information content (AvgIpc) is 2.78. The summed E-state index contributed by atoms with van der Waals surface area (Å²) in [5.41, 5.74) is -3.79. The summed E-state index contributed by atoms with van der Waals surface area (Å²) in [7, 11) is -3.86. The number of ether oxygens (including phenoxy) is 1. The van der Waals surface area contributed by atoms with Gasteiger partial charge in [-0.05, 0) is 13.8 Å². The maximum Gasteiger partial charge on any atom is 0.500 e. The summed E-state index contributed by atoms with van der Waals surface area (Å²) in [6.07, 6.45) is -2.62. The Morgan fingerprint density at radius 3 is 2.88 bits per heavy atom. The normalized spacial score (nSPS) is 37.9. The molecular formula is C13H18FN3O8P+. The molecule has 26 heavy (non-hydrogen) atoms. The van der Waals surface area contributed by atoms with Crippen LogP contribution in [0.5, 0.6) is 0 Å². The van der Waals surface area contributed by atoms with Crippen LogP contribution in [0.4, 0.5) is 4.39 Å². The maximum atomic E-state index is 15.4. The molecule has 11 nitrogen and oxygen atoms in total. The van der Waals surface area contributed by atoms with Crippen LogP contribution in [0.2, 0.25) is 0 Å². The number of aliphatic carboxylic acids is 1. The molecule has 4 N–H and O–H groups in total. The number of fused-ring (bicyclic) bond motifs is 1. The molecule has 13 heteroatoms. The quantitative estimate of drug-likeness (QED) is 0.486. The largest absolute Gasteiger partial charge is 0.500 e. The number of hydrogen-bond donors (Lipinski definition) is 4. The van der Waals surface area contributed by atoms with Crippen LogP contribution in [-0.2, 0) is 18.6 Å². The molecule has 1 aromatic heterocycles. The molecule has 2 saturated heterocycles. The minimum atomic E-state index is -3.86. The fourth-order valence-electron chi connectivity index (χ4n) is 2.85. The number of alkyl halides is 1. The van der Waals surface area contributed by atoms with Crippen LogP contribution in [0.3, 0.4) is 0 Å². The Morgan fingerprint density at radius 2 is 2.27 bits per heavy atom. The zero-order valence-corrected chi connectivity index (χ0v) is 14.7. The van der Waals surface area contributed by atoms with Crippen molar-refractivity contribution in [3.05, 3.63) is 33.1 Å². The van der Waals surface area contributed by atoms with E-state index in [1.54, 1.807) is 0 Å². The van der Waals surface area contributed by atoms with Crippen molar-refractivity contribution in [2.75, 3.05) is 6.61 Å². The molecule has 0 radical (unpaired) electrons. The maximum absolute atomic E-state index is 15.4. The predicted molar refractivity (Wildman–Crippen MR) is 84.9 cm³/mol. The Kier molecular flexibility index (Phi) is 4.76. The molecule has 0 spiro atoms. The molecule has 2 aliphatic rings. The lowest BCUT2D eigenvalue weighted by molar-refractivity contribution is -0.139. The molecule has 6 atom stereocenters. The summed E-state index contributed by atoms with van der Waals surface area (Å²) in [4.78, 5) is 46.4. The van der Waals surface area contributed by atoms with Gasteiger partial charge in [0.15, 0.2) is 18.0 Å². The topological polar surface area (TPSA) is 152 Å². The summed E-state index contributed by atoms with van der Waals surface area (Å²) in [5, 5.41) is 11.2. The molecule has 3 heterocycles. The highest BCUT2D eigenvalue weighted by Gasteiger charge is 2.66. The van der Waals surface area contributed by atoms with E-state index in [0.29, 0.717) is 0 Å². The number of halogens is 1. The molecule has 0 bridgehead atoms. The molecule has 2 fully saturated rings. The molecule has 0 saturated carbocycles. The number of carbonyl (C=O) groups is 1. The lowest BCUT2D eigenvalue weighted by Gasteiger charge is -2.32. The second kappa shape index (κ2) is 6.48. The van der Waals surface area contributed by atoms with Crippen LogP contribution in [0.15, 0.2) is 21.9 Å². The zero-order chi connectivity index (χ0) is 19.3. The summed E-state index contributed by atoms with van der Waals surface area (Å²) >= 11 is 0. The Balaban J connectivity index is 1.86. The van der Waals surface area contributed by atoms with Crippen LogP contribution in [0.25, 0.3) is 0 Å². The summed E-state index contributed by atoms with van der Waals surface area (Å²) < 4.78 is 32.3. The Labute approximate surface area is 146 Å². The number of nitrogens with zero attached hydrogens (tertiary/aromatic N) is 1. The average molecular weight is 394 g/mol. The van der Waals surface area contributed by atoms with Crippen LogP contribution in [-0.4, -0.2) is 56.0 Å². The second-order valence-corrected chi connectivity index (χ2v) is 7.99. The summed E-state index contributed by atoms with van der Waals surface area (Å²) in [5.74, 6) is -1.25. The third kappa shape index (κ3) is 3.31. The van der Waals surface area contributed by atoms with E-state index < -0.39 is 55.5 Å². The van der Waals surface area contributed by atoms with Gasteiger partial charge in [0.2, 0.25) is 0 Å². The highest BCUT2D eigenvalue weighted by atomic mass is 31.2. The second-order valence-electron chi connectivity index (χ2n) is 6.23. The van der Waals surface area contributed by atoms with E-state index >= 15 is 4.39 Å². The third-order valence-electron chi connectivity index (χ3n) is 4.18. The first-order chi connectivity index (χ1) is 12.0. The molecular weight excluding hydrogens is 376 g/mol. The van der Waals surface area contributed by atoms with Gasteiger partial charge >= 0.3 is 19.8 Å². The lowest BCUT2D eigenvalue weighted by atomic mass is 9.98. The smallest absolute Gasteiger partial charge is 0.480 e. The van der Waals surface area contributed by atoms with Gasteiger partial charge in [-0.15, -0.1) is 5.09 Å². The lowest BCUT2D eigenvalue weighted by Crippen LogP contribution is -2.49. The number of aromatic nitrogens is 2. The Morgan fingerprint density at radius 1 is 1.58 bits per heavy atom. The van der Waals surface area contributed by atoms with Crippen molar-refractivity contribution in [2.45, 2.75) is 44.0 Å². The highest BCUT2D eigenvalue weighted by Crippen LogP contribution is 2.61. The molecule has 2 aliphatic heterocycles. The highest BCUT2D eigenvalue weighted by molar-refractivity contribution is 7.58. The van der Waals surface area contributed by atoms with Crippen molar-refractivity contribution in [1.29, 1.82) is 0 Å². The fraction of sp³-hybridized carbons (Fsp3) is 0.615. The molecule has 2 unspecified atom stereocenters. The van der Waals surface area contributed by atoms with Crippen molar-refractivity contribution in [3.63, 3.8) is 0 Å². The number of nitrogens with one attached hydrogen (secondary N) is 2. The SMILES string of the molecule is CC(N[P+]1(O)OC[C@H]2O[C@@H](n3ccc(=O)[nH]c3=O)[C@](C)(F)[C@@H]2O1)C(=O)O. The number of carboxylic acid groups (broad SMARTS) is 1. The molecule has 144 valence electrons. The Bertz CT molecular complexity index is 828. The first-order valence-electron chi connectivity index (χ1n) is 7.65. The van der Waals surface area contributed by atoms with Gasteiger partial charge in [-0.25, -0.2) is 9.18 Å². The first-order valence-corrected chi connectivity index (χ1v) is 9.22. The van der Waals surface area contributed by atoms with E-state index in [1.165, 1.54) is 6.92 Å². The molecule has 3 rings (SSSR count). The van der Waals surface area contributed by atoms with Gasteiger partial charge in [0.1, 0.15) is 18.8 Å². The number of rotatable bonds is 4. The van der Waals surface area contributed by atoms with Crippen molar-refractivity contribution in [1.82, 2.24) is 14.6 Å². The third-order valence-corrected chi connectivity index (χ3v) is 5.91. The van der Waals surface area contributed by atoms with Crippen LogP contribution in [0, 0.1) is 0 Å². The van der Waals surface area contributed by atoms with Crippen LogP contribution in [0.1, 0.15) is 20.1 Å². The minimum Gasteiger partial charge on any atom is -0.480 e. The molecule has 0 aromatic carbocycles. The van der Waals surface area contributed by atoms with Crippen LogP contribution < -0.4 is 16.3 Å². The summed E-state index contributed by atoms with van der Waals surface area (Å²) in [6, 6.07) is -0.157. The minimum absolute atomic E-state index is 0.275. The van der Waals surface area contributed by atoms with E-state index in [9.17, 15) is 19.3 Å². The van der Waals surface area contributed by atoms with E-state index in [0.717, 1.165) is 23.8 Å². The van der Waals surface area contributed by atoms with E-state index in [4.69, 9.17) is 18.9 Å². The van der Waals surface area contributed by atoms with E-state index in [1.807, 2.05) is 4.98 Å². The van der Waals surface area contributed by atoms with Gasteiger partial charge in [0.25, 0.3) is 5.56 Å². The fourth-order valence-corrected chi connectivity index (χ4v) is 4.64. The number of hydrogen-bond acceptors (Lipinski definition) is 8. The van der Waals surface area contributed by atoms with Gasteiger partial charge in [-0.2, -0.15) is 13.9 Å². The number of aromatic amines is 1. The molecule has 1 aromatic rings. The van der Waals surface area contributed by atoms with Crippen molar-refractivity contribution in [3.8, 4) is 0 Å². The Hall–Kier alpha value is -1.69. The van der Waals surface area contributed by atoms with Gasteiger partial charge in [0.05, 0.1) is 0 Å². The van der Waals surface area contributed by atoms with Gasteiger partial charge < -0.3 is 9.84 Å². The number of carboxylic acids is 1.